The lowest BCUT2D eigenvalue weighted by Gasteiger charge is -2.40. The summed E-state index contributed by atoms with van der Waals surface area (Å²) in [5.74, 6) is 1.66. The molecule has 2 aliphatic rings. The molecule has 0 aromatic carbocycles. The summed E-state index contributed by atoms with van der Waals surface area (Å²) >= 11 is 0. The molecule has 0 bridgehead atoms. The van der Waals surface area contributed by atoms with E-state index in [-0.39, 0.29) is 0 Å². The van der Waals surface area contributed by atoms with E-state index in [2.05, 4.69) is 41.4 Å². The van der Waals surface area contributed by atoms with Gasteiger partial charge in [0, 0.05) is 56.5 Å². The van der Waals surface area contributed by atoms with E-state index in [1.54, 1.807) is 6.20 Å². The van der Waals surface area contributed by atoms with E-state index in [1.165, 1.54) is 5.57 Å². The monoisotopic (exact) mass is 466 g/mol. The summed E-state index contributed by atoms with van der Waals surface area (Å²) in [4.78, 5) is 21.0. The fourth-order valence-corrected chi connectivity index (χ4v) is 5.25. The highest BCUT2D eigenvalue weighted by atomic mass is 15.3. The van der Waals surface area contributed by atoms with Gasteiger partial charge in [-0.15, -0.1) is 0 Å². The first kappa shape index (κ1) is 24.8. The molecule has 0 spiro atoms. The van der Waals surface area contributed by atoms with Gasteiger partial charge in [0.25, 0.3) is 0 Å². The Morgan fingerprint density at radius 2 is 1.89 bits per heavy atom. The zero-order valence-corrected chi connectivity index (χ0v) is 21.5. The normalized spacial score (nSPS) is 17.3. The molecule has 0 saturated carbocycles. The predicted octanol–water partition coefficient (Wildman–Crippen LogP) is 4.09. The van der Waals surface area contributed by atoms with E-state index in [0.717, 1.165) is 84.4 Å². The smallest absolute Gasteiger partial charge is 0.148 e. The SMILES string of the molecule is [B]c1cc(C(=NC)N2CCC(N3CCC(=C)C3=C)CC2)c(N(C=C)c2c(C)ccnc2C)nc1C. The van der Waals surface area contributed by atoms with Gasteiger partial charge >= 0.3 is 0 Å². The van der Waals surface area contributed by atoms with Gasteiger partial charge in [-0.05, 0) is 57.2 Å². The number of rotatable bonds is 5. The fraction of sp³-hybridized carbons (Fsp3) is 0.393. The van der Waals surface area contributed by atoms with Crippen LogP contribution in [0.2, 0.25) is 0 Å². The lowest BCUT2D eigenvalue weighted by Crippen LogP contribution is -2.46. The van der Waals surface area contributed by atoms with E-state index in [0.29, 0.717) is 11.5 Å². The minimum atomic E-state index is 0.488. The zero-order chi connectivity index (χ0) is 25.3. The fourth-order valence-electron chi connectivity index (χ4n) is 5.25. The maximum Gasteiger partial charge on any atom is 0.148 e. The maximum atomic E-state index is 6.37. The van der Waals surface area contributed by atoms with Crippen molar-refractivity contribution in [2.75, 3.05) is 31.6 Å². The van der Waals surface area contributed by atoms with Crippen LogP contribution in [0.5, 0.6) is 0 Å². The summed E-state index contributed by atoms with van der Waals surface area (Å²) < 4.78 is 0. The number of aliphatic imine (C=N–C) groups is 1. The highest BCUT2D eigenvalue weighted by Gasteiger charge is 2.31. The molecule has 0 aliphatic carbocycles. The number of allylic oxidation sites excluding steroid dienone is 1. The highest BCUT2D eigenvalue weighted by molar-refractivity contribution is 6.33. The molecule has 2 saturated heterocycles. The Balaban J connectivity index is 1.67. The molecule has 0 unspecified atom stereocenters. The first-order valence-electron chi connectivity index (χ1n) is 12.2. The average Bonchev–Trinajstić information content (AvgIpc) is 3.18. The van der Waals surface area contributed by atoms with Crippen LogP contribution in [0.25, 0.3) is 0 Å². The van der Waals surface area contributed by atoms with Gasteiger partial charge in [0.1, 0.15) is 19.5 Å². The molecular formula is C28H35BN6. The number of hydrogen-bond donors (Lipinski definition) is 0. The standard InChI is InChI=1S/C28H35BN6/c1-8-34(26-19(3)9-13-31-21(26)5)28-24(17-25(29)20(4)32-28)27(30-7)33-14-11-23(12-15-33)35-16-10-18(2)22(35)6/h8-9,13,17,23H,1-2,6,10-12,14-16H2,3-5,7H3. The minimum Gasteiger partial charge on any atom is -0.368 e. The maximum absolute atomic E-state index is 6.37. The molecule has 2 radical (unpaired) electrons. The molecule has 4 heterocycles. The number of nitrogens with zero attached hydrogens (tertiary/aromatic N) is 6. The van der Waals surface area contributed by atoms with Crippen LogP contribution in [0, 0.1) is 20.8 Å². The van der Waals surface area contributed by atoms with Crippen LogP contribution < -0.4 is 10.4 Å². The molecule has 180 valence electrons. The Morgan fingerprint density at radius 3 is 2.46 bits per heavy atom. The van der Waals surface area contributed by atoms with Crippen molar-refractivity contribution in [1.29, 1.82) is 0 Å². The molecule has 6 nitrogen and oxygen atoms in total. The number of aromatic nitrogens is 2. The number of amidine groups is 1. The summed E-state index contributed by atoms with van der Waals surface area (Å²) in [5.41, 5.74) is 7.58. The molecule has 2 aromatic heterocycles. The van der Waals surface area contributed by atoms with Crippen LogP contribution in [0.3, 0.4) is 0 Å². The number of piperidine rings is 1. The topological polar surface area (TPSA) is 47.9 Å². The number of anilines is 2. The van der Waals surface area contributed by atoms with Crippen LogP contribution in [-0.4, -0.2) is 66.2 Å². The molecule has 2 aromatic rings. The van der Waals surface area contributed by atoms with Crippen LogP contribution in [0.4, 0.5) is 11.5 Å². The molecule has 7 heteroatoms. The first-order valence-corrected chi connectivity index (χ1v) is 12.2. The third-order valence-corrected chi connectivity index (χ3v) is 7.26. The molecule has 2 fully saturated rings. The first-order chi connectivity index (χ1) is 16.8. The number of aryl methyl sites for hydroxylation is 3. The highest BCUT2D eigenvalue weighted by Crippen LogP contribution is 2.34. The van der Waals surface area contributed by atoms with E-state index in [4.69, 9.17) is 17.8 Å². The van der Waals surface area contributed by atoms with Crippen LogP contribution in [0.15, 0.2) is 60.5 Å². The van der Waals surface area contributed by atoms with Crippen molar-refractivity contribution >= 4 is 30.6 Å². The van der Waals surface area contributed by atoms with Crippen molar-refractivity contribution in [2.45, 2.75) is 46.1 Å². The quantitative estimate of drug-likeness (QED) is 0.378. The van der Waals surface area contributed by atoms with Crippen LogP contribution in [0.1, 0.15) is 41.8 Å². The van der Waals surface area contributed by atoms with E-state index in [9.17, 15) is 0 Å². The zero-order valence-electron chi connectivity index (χ0n) is 21.5. The Morgan fingerprint density at radius 1 is 1.17 bits per heavy atom. The van der Waals surface area contributed by atoms with Crippen molar-refractivity contribution in [3.05, 3.63) is 78.1 Å². The largest absolute Gasteiger partial charge is 0.368 e. The van der Waals surface area contributed by atoms with Crippen molar-refractivity contribution in [3.8, 4) is 0 Å². The molecule has 2 aliphatic heterocycles. The van der Waals surface area contributed by atoms with Gasteiger partial charge in [0.2, 0.25) is 0 Å². The summed E-state index contributed by atoms with van der Waals surface area (Å²) in [6.07, 6.45) is 6.72. The Labute approximate surface area is 211 Å². The van der Waals surface area contributed by atoms with Crippen molar-refractivity contribution in [3.63, 3.8) is 0 Å². The van der Waals surface area contributed by atoms with Crippen molar-refractivity contribution in [2.24, 2.45) is 4.99 Å². The van der Waals surface area contributed by atoms with Crippen molar-refractivity contribution in [1.82, 2.24) is 19.8 Å². The minimum absolute atomic E-state index is 0.488. The van der Waals surface area contributed by atoms with Crippen LogP contribution in [-0.2, 0) is 0 Å². The summed E-state index contributed by atoms with van der Waals surface area (Å²) in [6.45, 7) is 21.4. The Bertz CT molecular complexity index is 1170. The molecular weight excluding hydrogens is 431 g/mol. The van der Waals surface area contributed by atoms with E-state index in [1.807, 2.05) is 44.1 Å². The predicted molar refractivity (Wildman–Crippen MR) is 147 cm³/mol. The molecule has 0 atom stereocenters. The van der Waals surface area contributed by atoms with Gasteiger partial charge in [-0.1, -0.05) is 31.3 Å². The number of pyridine rings is 2. The second-order valence-electron chi connectivity index (χ2n) is 9.41. The van der Waals surface area contributed by atoms with E-state index < -0.39 is 0 Å². The molecule has 35 heavy (non-hydrogen) atoms. The average molecular weight is 466 g/mol. The lowest BCUT2D eigenvalue weighted by molar-refractivity contribution is 0.189. The third-order valence-electron chi connectivity index (χ3n) is 7.26. The van der Waals surface area contributed by atoms with Gasteiger partial charge < -0.3 is 9.80 Å². The van der Waals surface area contributed by atoms with Gasteiger partial charge in [0.15, 0.2) is 0 Å². The third kappa shape index (κ3) is 4.64. The van der Waals surface area contributed by atoms with Crippen LogP contribution >= 0.6 is 0 Å². The molecule has 0 N–H and O–H groups in total. The second-order valence-corrected chi connectivity index (χ2v) is 9.41. The Hall–Kier alpha value is -3.35. The van der Waals surface area contributed by atoms with E-state index >= 15 is 0 Å². The molecule has 4 rings (SSSR count). The summed E-state index contributed by atoms with van der Waals surface area (Å²) in [6, 6.07) is 4.49. The summed E-state index contributed by atoms with van der Waals surface area (Å²) in [5, 5.41) is 0. The number of hydrogen-bond acceptors (Lipinski definition) is 5. The van der Waals surface area contributed by atoms with Gasteiger partial charge in [0.05, 0.1) is 16.9 Å². The Kier molecular flexibility index (Phi) is 7.15. The summed E-state index contributed by atoms with van der Waals surface area (Å²) in [7, 11) is 8.21. The second kappa shape index (κ2) is 10.1. The lowest BCUT2D eigenvalue weighted by atomic mass is 9.92. The van der Waals surface area contributed by atoms with Crippen molar-refractivity contribution < 1.29 is 0 Å². The number of likely N-dealkylation sites (tertiary alicyclic amines) is 2. The van der Waals surface area contributed by atoms with Gasteiger partial charge in [-0.2, -0.15) is 0 Å². The van der Waals surface area contributed by atoms with Gasteiger partial charge in [-0.25, -0.2) is 4.98 Å². The molecule has 0 amide bonds. The van der Waals surface area contributed by atoms with Gasteiger partial charge in [-0.3, -0.25) is 14.9 Å².